The van der Waals surface area contributed by atoms with Gasteiger partial charge >= 0.3 is 6.09 Å². The van der Waals surface area contributed by atoms with Gasteiger partial charge in [-0.05, 0) is 56.6 Å². The number of aryl methyl sites for hydroxylation is 1. The van der Waals surface area contributed by atoms with Crippen molar-refractivity contribution in [1.82, 2.24) is 14.9 Å². The minimum atomic E-state index is -0.406. The Labute approximate surface area is 192 Å². The largest absolute Gasteiger partial charge is 0.489 e. The second kappa shape index (κ2) is 12.5. The average Bonchev–Trinajstić information content (AvgIpc) is 2.77. The van der Waals surface area contributed by atoms with Gasteiger partial charge in [0.15, 0.2) is 0 Å². The first-order chi connectivity index (χ1) is 15.2. The van der Waals surface area contributed by atoms with Crippen LogP contribution in [-0.4, -0.2) is 54.3 Å². The van der Waals surface area contributed by atoms with Crippen LogP contribution in [-0.2, 0) is 11.2 Å². The zero-order valence-corrected chi connectivity index (χ0v) is 20.4. The number of hydrogen-bond acceptors (Lipinski definition) is 7. The molecule has 4 N–H and O–H groups in total. The van der Waals surface area contributed by atoms with Gasteiger partial charge in [0.25, 0.3) is 0 Å². The van der Waals surface area contributed by atoms with E-state index >= 15 is 0 Å². The fourth-order valence-electron chi connectivity index (χ4n) is 3.66. The van der Waals surface area contributed by atoms with Crippen molar-refractivity contribution in [3.63, 3.8) is 0 Å². The lowest BCUT2D eigenvalue weighted by Gasteiger charge is -2.24. The Bertz CT molecular complexity index is 773. The van der Waals surface area contributed by atoms with Crippen molar-refractivity contribution in [2.24, 2.45) is 17.5 Å². The van der Waals surface area contributed by atoms with E-state index in [9.17, 15) is 4.79 Å². The maximum absolute atomic E-state index is 12.3. The van der Waals surface area contributed by atoms with Crippen LogP contribution < -0.4 is 16.3 Å². The lowest BCUT2D eigenvalue weighted by molar-refractivity contribution is 0.112. The second-order valence-corrected chi connectivity index (χ2v) is 9.00. The third-order valence-corrected chi connectivity index (χ3v) is 5.81. The highest BCUT2D eigenvalue weighted by Gasteiger charge is 2.19. The van der Waals surface area contributed by atoms with Crippen molar-refractivity contribution in [1.29, 1.82) is 0 Å². The minimum absolute atomic E-state index is 0.0346. The lowest BCUT2D eigenvalue weighted by atomic mass is 9.98. The highest BCUT2D eigenvalue weighted by molar-refractivity contribution is 5.68. The Hall–Kier alpha value is -2.48. The molecule has 0 aromatic carbocycles. The third-order valence-electron chi connectivity index (χ3n) is 5.81. The summed E-state index contributed by atoms with van der Waals surface area (Å²) in [4.78, 5) is 18.6. The minimum Gasteiger partial charge on any atom is -0.489 e. The fourth-order valence-corrected chi connectivity index (χ4v) is 3.66. The summed E-state index contributed by atoms with van der Waals surface area (Å²) in [6, 6.07) is 3.77. The van der Waals surface area contributed by atoms with Gasteiger partial charge < -0.3 is 25.1 Å². The normalized spacial score (nSPS) is 15.3. The van der Waals surface area contributed by atoms with E-state index < -0.39 is 6.09 Å². The molecule has 0 atom stereocenters. The number of amides is 1. The van der Waals surface area contributed by atoms with Gasteiger partial charge in [0.1, 0.15) is 12.4 Å². The van der Waals surface area contributed by atoms with Crippen LogP contribution in [0.1, 0.15) is 70.7 Å². The van der Waals surface area contributed by atoms with E-state index in [-0.39, 0.29) is 12.7 Å². The molecule has 1 aromatic rings. The van der Waals surface area contributed by atoms with E-state index in [1.54, 1.807) is 19.0 Å². The molecule has 1 fully saturated rings. The van der Waals surface area contributed by atoms with Crippen LogP contribution in [0.5, 0.6) is 5.75 Å². The van der Waals surface area contributed by atoms with Gasteiger partial charge in [0, 0.05) is 20.6 Å². The van der Waals surface area contributed by atoms with Crippen LogP contribution in [0.3, 0.4) is 0 Å². The number of hydrogen-bond donors (Lipinski definition) is 2. The molecule has 0 bridgehead atoms. The molecular weight excluding hydrogens is 406 g/mol. The van der Waals surface area contributed by atoms with Gasteiger partial charge in [0.2, 0.25) is 0 Å². The van der Waals surface area contributed by atoms with E-state index in [0.29, 0.717) is 29.6 Å². The van der Waals surface area contributed by atoms with Crippen LogP contribution in [0.25, 0.3) is 5.70 Å². The van der Waals surface area contributed by atoms with Crippen molar-refractivity contribution in [3.05, 3.63) is 29.2 Å². The summed E-state index contributed by atoms with van der Waals surface area (Å²) in [5, 5.41) is 1.37. The molecule has 2 rings (SSSR count). The zero-order chi connectivity index (χ0) is 23.7. The molecule has 1 aromatic heterocycles. The highest BCUT2D eigenvalue weighted by atomic mass is 16.6. The van der Waals surface area contributed by atoms with Crippen molar-refractivity contribution in [2.75, 3.05) is 27.2 Å². The maximum atomic E-state index is 12.3. The predicted octanol–water partition coefficient (Wildman–Crippen LogP) is 3.90. The smallest absolute Gasteiger partial charge is 0.409 e. The van der Waals surface area contributed by atoms with Gasteiger partial charge in [0.05, 0.1) is 28.9 Å². The number of nitrogens with two attached hydrogens (primary N) is 2. The van der Waals surface area contributed by atoms with E-state index in [4.69, 9.17) is 26.0 Å². The Morgan fingerprint density at radius 2 is 1.91 bits per heavy atom. The summed E-state index contributed by atoms with van der Waals surface area (Å²) in [6.07, 6.45) is 7.38. The van der Waals surface area contributed by atoms with Crippen LogP contribution in [0.15, 0.2) is 17.8 Å². The molecule has 0 aliphatic heterocycles. The van der Waals surface area contributed by atoms with E-state index in [2.05, 4.69) is 13.8 Å². The quantitative estimate of drug-likeness (QED) is 0.414. The first-order valence-corrected chi connectivity index (χ1v) is 11.7. The number of carbonyl (C=O) groups excluding carboxylic acids is 1. The topological polar surface area (TPSA) is 107 Å². The molecule has 1 aliphatic carbocycles. The Kier molecular flexibility index (Phi) is 10.1. The summed E-state index contributed by atoms with van der Waals surface area (Å²) in [5.74, 6) is 7.32. The molecule has 1 saturated carbocycles. The summed E-state index contributed by atoms with van der Waals surface area (Å²) in [6.45, 7) is 6.88. The summed E-state index contributed by atoms with van der Waals surface area (Å²) in [7, 11) is 3.39. The number of ether oxygens (including phenoxy) is 2. The summed E-state index contributed by atoms with van der Waals surface area (Å²) in [5.41, 5.74) is 8.73. The molecule has 32 heavy (non-hydrogen) atoms. The molecule has 0 saturated heterocycles. The number of pyridine rings is 1. The number of hydrazine groups is 1. The standard InChI is InChI=1S/C24H41N5O3/c1-6-19-22(32-18-10-8-7-9-11-18)13-12-20(27-19)23(25)21(29(5)26)16-31-24(30)28(4)15-14-17(2)3/h12-13,17-18H,6-11,14-16,25-26H2,1-5H3/b23-21-. The maximum Gasteiger partial charge on any atom is 0.409 e. The molecule has 0 radical (unpaired) electrons. The molecular formula is C24H41N5O3. The first kappa shape index (κ1) is 25.8. The van der Waals surface area contributed by atoms with Crippen LogP contribution in [0.2, 0.25) is 0 Å². The zero-order valence-electron chi connectivity index (χ0n) is 20.4. The Morgan fingerprint density at radius 1 is 1.22 bits per heavy atom. The molecule has 8 heteroatoms. The molecule has 0 unspecified atom stereocenters. The molecule has 1 aliphatic rings. The SMILES string of the molecule is CCc1nc(/C(N)=C(\COC(=O)N(C)CCC(C)C)N(C)N)ccc1OC1CCCCC1. The fraction of sp³-hybridized carbons (Fsp3) is 0.667. The molecule has 1 amide bonds. The van der Waals surface area contributed by atoms with Crippen LogP contribution in [0.4, 0.5) is 4.79 Å². The summed E-state index contributed by atoms with van der Waals surface area (Å²) >= 11 is 0. The number of likely N-dealkylation sites (N-methyl/N-ethyl adjacent to an activating group) is 1. The number of nitrogens with zero attached hydrogens (tertiary/aromatic N) is 3. The first-order valence-electron chi connectivity index (χ1n) is 11.7. The Balaban J connectivity index is 2.13. The lowest BCUT2D eigenvalue weighted by Crippen LogP contribution is -2.34. The molecule has 180 valence electrons. The van der Waals surface area contributed by atoms with Crippen molar-refractivity contribution in [3.8, 4) is 5.75 Å². The summed E-state index contributed by atoms with van der Waals surface area (Å²) < 4.78 is 11.7. The number of aromatic nitrogens is 1. The van der Waals surface area contributed by atoms with Gasteiger partial charge in [-0.15, -0.1) is 0 Å². The van der Waals surface area contributed by atoms with Crippen molar-refractivity contribution >= 4 is 11.8 Å². The van der Waals surface area contributed by atoms with Crippen molar-refractivity contribution in [2.45, 2.75) is 71.8 Å². The highest BCUT2D eigenvalue weighted by Crippen LogP contribution is 2.27. The predicted molar refractivity (Wildman–Crippen MR) is 128 cm³/mol. The van der Waals surface area contributed by atoms with E-state index in [1.165, 1.54) is 24.3 Å². The number of rotatable bonds is 10. The second-order valence-electron chi connectivity index (χ2n) is 9.00. The third kappa shape index (κ3) is 7.58. The van der Waals surface area contributed by atoms with Gasteiger partial charge in [-0.3, -0.25) is 0 Å². The Morgan fingerprint density at radius 3 is 2.50 bits per heavy atom. The van der Waals surface area contributed by atoms with E-state index in [0.717, 1.165) is 37.1 Å². The van der Waals surface area contributed by atoms with Crippen LogP contribution in [0, 0.1) is 5.92 Å². The van der Waals surface area contributed by atoms with Crippen molar-refractivity contribution < 1.29 is 14.3 Å². The van der Waals surface area contributed by atoms with Crippen LogP contribution >= 0.6 is 0 Å². The molecule has 8 nitrogen and oxygen atoms in total. The number of carbonyl (C=O) groups is 1. The van der Waals surface area contributed by atoms with Gasteiger partial charge in [-0.25, -0.2) is 15.6 Å². The molecule has 1 heterocycles. The average molecular weight is 448 g/mol. The molecule has 0 spiro atoms. The van der Waals surface area contributed by atoms with Gasteiger partial charge in [-0.2, -0.15) is 0 Å². The van der Waals surface area contributed by atoms with E-state index in [1.807, 2.05) is 19.1 Å². The monoisotopic (exact) mass is 447 g/mol. The van der Waals surface area contributed by atoms with Gasteiger partial charge in [-0.1, -0.05) is 27.2 Å².